The number of aromatic amines is 1. The number of nitrogens with one attached hydrogen (secondary N) is 2. The van der Waals surface area contributed by atoms with Crippen LogP contribution in [0.15, 0.2) is 29.2 Å². The van der Waals surface area contributed by atoms with Gasteiger partial charge >= 0.3 is 11.8 Å². The number of fused-ring (bicyclic) bond motifs is 1. The van der Waals surface area contributed by atoms with Crippen LogP contribution in [0.25, 0.3) is 10.9 Å². The Morgan fingerprint density at radius 3 is 2.77 bits per heavy atom. The molecule has 136 valence electrons. The van der Waals surface area contributed by atoms with Gasteiger partial charge in [-0.05, 0) is 39.0 Å². The quantitative estimate of drug-likeness (QED) is 0.379. The van der Waals surface area contributed by atoms with E-state index in [1.165, 1.54) is 6.07 Å². The number of hydrogen-bond acceptors (Lipinski definition) is 5. The highest BCUT2D eigenvalue weighted by molar-refractivity contribution is 5.81. The van der Waals surface area contributed by atoms with Gasteiger partial charge in [-0.2, -0.15) is 0 Å². The first-order valence-corrected chi connectivity index (χ1v) is 7.93. The summed E-state index contributed by atoms with van der Waals surface area (Å²) in [6.45, 7) is 5.65. The Balaban J connectivity index is 2.05. The summed E-state index contributed by atoms with van der Waals surface area (Å²) in [5, 5.41) is 13.6. The molecule has 0 aliphatic carbocycles. The Morgan fingerprint density at radius 1 is 1.38 bits per heavy atom. The van der Waals surface area contributed by atoms with Gasteiger partial charge in [-0.3, -0.25) is 14.9 Å². The topological polar surface area (TPSA) is 114 Å². The molecule has 2 aromatic rings. The molecular weight excluding hydrogens is 338 g/mol. The molecule has 2 N–H and O–H groups in total. The summed E-state index contributed by atoms with van der Waals surface area (Å²) in [5.41, 5.74) is -0.669. The third-order valence-electron chi connectivity index (χ3n) is 3.21. The van der Waals surface area contributed by atoms with Gasteiger partial charge in [0, 0.05) is 24.0 Å². The summed E-state index contributed by atoms with van der Waals surface area (Å²) in [6.07, 6.45) is 0.963. The van der Waals surface area contributed by atoms with E-state index < -0.39 is 27.7 Å². The molecule has 0 bridgehead atoms. The summed E-state index contributed by atoms with van der Waals surface area (Å²) in [5.74, 6) is 5.74. The minimum absolute atomic E-state index is 0.206. The number of amides is 1. The Bertz CT molecular complexity index is 961. The number of hydrogen-bond donors (Lipinski definition) is 2. The van der Waals surface area contributed by atoms with Crippen molar-refractivity contribution in [3.05, 3.63) is 50.3 Å². The van der Waals surface area contributed by atoms with Crippen LogP contribution < -0.4 is 10.7 Å². The maximum atomic E-state index is 12.1. The van der Waals surface area contributed by atoms with Crippen molar-refractivity contribution < 1.29 is 14.5 Å². The van der Waals surface area contributed by atoms with Crippen LogP contribution in [0.2, 0.25) is 0 Å². The molecule has 0 radical (unpaired) electrons. The van der Waals surface area contributed by atoms with Crippen LogP contribution in [0.1, 0.15) is 32.8 Å². The minimum atomic E-state index is -0.723. The largest absolute Gasteiger partial charge is 0.444 e. The fraction of sp³-hybridized carbons (Fsp3) is 0.333. The number of H-pyrrole nitrogens is 1. The number of nitrogens with zero attached hydrogens (tertiary/aromatic N) is 1. The van der Waals surface area contributed by atoms with Gasteiger partial charge < -0.3 is 15.0 Å². The fourth-order valence-electron chi connectivity index (χ4n) is 2.13. The SMILES string of the molecule is CC(C)(C)OC(=O)NCCC#Cc1ccc2[nH]cc([N+](=O)[O-])c(=O)c2c1. The molecule has 0 atom stereocenters. The van der Waals surface area contributed by atoms with Crippen LogP contribution >= 0.6 is 0 Å². The highest BCUT2D eigenvalue weighted by atomic mass is 16.6. The minimum Gasteiger partial charge on any atom is -0.444 e. The van der Waals surface area contributed by atoms with Crippen molar-refractivity contribution in [1.29, 1.82) is 0 Å². The van der Waals surface area contributed by atoms with Gasteiger partial charge in [0.2, 0.25) is 0 Å². The van der Waals surface area contributed by atoms with E-state index >= 15 is 0 Å². The first-order valence-electron chi connectivity index (χ1n) is 7.93. The van der Waals surface area contributed by atoms with E-state index in [0.29, 0.717) is 24.0 Å². The average molecular weight is 357 g/mol. The molecular formula is C18H19N3O5. The van der Waals surface area contributed by atoms with Crippen LogP contribution in [-0.4, -0.2) is 28.1 Å². The Hall–Kier alpha value is -3.34. The first kappa shape index (κ1) is 19.0. The summed E-state index contributed by atoms with van der Waals surface area (Å²) < 4.78 is 5.10. The predicted octanol–water partition coefficient (Wildman–Crippen LogP) is 2.70. The summed E-state index contributed by atoms with van der Waals surface area (Å²) in [4.78, 5) is 36.5. The van der Waals surface area contributed by atoms with Crippen molar-refractivity contribution in [3.8, 4) is 11.8 Å². The molecule has 0 aliphatic rings. The smallest absolute Gasteiger partial charge is 0.407 e. The van der Waals surface area contributed by atoms with Crippen molar-refractivity contribution in [2.75, 3.05) is 6.54 Å². The maximum Gasteiger partial charge on any atom is 0.407 e. The molecule has 0 aliphatic heterocycles. The molecule has 2 rings (SSSR count). The lowest BCUT2D eigenvalue weighted by atomic mass is 10.1. The normalized spacial score (nSPS) is 10.7. The van der Waals surface area contributed by atoms with Crippen LogP contribution in [0.4, 0.5) is 10.5 Å². The van der Waals surface area contributed by atoms with Gasteiger partial charge in [-0.15, -0.1) is 0 Å². The van der Waals surface area contributed by atoms with Gasteiger partial charge in [0.1, 0.15) is 5.60 Å². The third-order valence-corrected chi connectivity index (χ3v) is 3.21. The zero-order valence-electron chi connectivity index (χ0n) is 14.7. The third kappa shape index (κ3) is 5.08. The standard InChI is InChI=1S/C18H19N3O5/c1-18(2,3)26-17(23)19-9-5-4-6-12-7-8-14-13(10-12)16(22)15(11-20-14)21(24)25/h7-8,10-11H,5,9H2,1-3H3,(H,19,23)(H,20,22). The lowest BCUT2D eigenvalue weighted by molar-refractivity contribution is -0.386. The molecule has 0 spiro atoms. The second-order valence-corrected chi connectivity index (χ2v) is 6.50. The van der Waals surface area contributed by atoms with Gasteiger partial charge in [0.15, 0.2) is 0 Å². The van der Waals surface area contributed by atoms with Crippen LogP contribution in [0.3, 0.4) is 0 Å². The molecule has 0 fully saturated rings. The van der Waals surface area contributed by atoms with Crippen LogP contribution in [-0.2, 0) is 4.74 Å². The van der Waals surface area contributed by atoms with E-state index in [1.54, 1.807) is 32.9 Å². The van der Waals surface area contributed by atoms with Gasteiger partial charge in [-0.25, -0.2) is 4.79 Å². The molecule has 1 aromatic carbocycles. The Labute approximate surface area is 149 Å². The Kier molecular flexibility index (Phi) is 5.62. The van der Waals surface area contributed by atoms with Crippen molar-refractivity contribution in [3.63, 3.8) is 0 Å². The van der Waals surface area contributed by atoms with Crippen LogP contribution in [0.5, 0.6) is 0 Å². The van der Waals surface area contributed by atoms with E-state index in [0.717, 1.165) is 6.20 Å². The number of carbonyl (C=O) groups is 1. The second kappa shape index (κ2) is 7.70. The molecule has 0 saturated carbocycles. The molecule has 0 saturated heterocycles. The number of ether oxygens (including phenoxy) is 1. The van der Waals surface area contributed by atoms with Gasteiger partial charge in [-0.1, -0.05) is 11.8 Å². The van der Waals surface area contributed by atoms with E-state index in [4.69, 9.17) is 4.74 Å². The lowest BCUT2D eigenvalue weighted by Crippen LogP contribution is -2.32. The first-order chi connectivity index (χ1) is 12.2. The zero-order valence-corrected chi connectivity index (χ0v) is 14.7. The van der Waals surface area contributed by atoms with Gasteiger partial charge in [0.05, 0.1) is 16.5 Å². The number of carbonyl (C=O) groups excluding carboxylic acids is 1. The van der Waals surface area contributed by atoms with Gasteiger partial charge in [0.25, 0.3) is 5.43 Å². The van der Waals surface area contributed by atoms with E-state index in [1.807, 2.05) is 0 Å². The van der Waals surface area contributed by atoms with E-state index in [-0.39, 0.29) is 5.39 Å². The molecule has 1 aromatic heterocycles. The summed E-state index contributed by atoms with van der Waals surface area (Å²) in [6, 6.07) is 4.86. The molecule has 1 amide bonds. The second-order valence-electron chi connectivity index (χ2n) is 6.50. The van der Waals surface area contributed by atoms with E-state index in [2.05, 4.69) is 22.1 Å². The summed E-state index contributed by atoms with van der Waals surface area (Å²) in [7, 11) is 0. The highest BCUT2D eigenvalue weighted by Gasteiger charge is 2.15. The Morgan fingerprint density at radius 2 is 2.12 bits per heavy atom. The molecule has 8 heteroatoms. The number of alkyl carbamates (subject to hydrolysis) is 1. The fourth-order valence-corrected chi connectivity index (χ4v) is 2.13. The maximum absolute atomic E-state index is 12.1. The number of pyridine rings is 1. The lowest BCUT2D eigenvalue weighted by Gasteiger charge is -2.19. The number of aromatic nitrogens is 1. The van der Waals surface area contributed by atoms with Crippen molar-refractivity contribution in [2.45, 2.75) is 32.8 Å². The monoisotopic (exact) mass is 357 g/mol. The number of nitro groups is 1. The zero-order chi connectivity index (χ0) is 19.3. The number of benzene rings is 1. The number of rotatable bonds is 3. The molecule has 1 heterocycles. The molecule has 26 heavy (non-hydrogen) atoms. The summed E-state index contributed by atoms with van der Waals surface area (Å²) >= 11 is 0. The van der Waals surface area contributed by atoms with E-state index in [9.17, 15) is 19.7 Å². The van der Waals surface area contributed by atoms with Crippen LogP contribution in [0, 0.1) is 22.0 Å². The van der Waals surface area contributed by atoms with Crippen molar-refractivity contribution >= 4 is 22.7 Å². The average Bonchev–Trinajstić information content (AvgIpc) is 2.53. The van der Waals surface area contributed by atoms with Crippen molar-refractivity contribution in [2.24, 2.45) is 0 Å². The molecule has 0 unspecified atom stereocenters. The molecule has 8 nitrogen and oxygen atoms in total. The predicted molar refractivity (Wildman–Crippen MR) is 97.0 cm³/mol. The van der Waals surface area contributed by atoms with Crippen molar-refractivity contribution in [1.82, 2.24) is 10.3 Å². The highest BCUT2D eigenvalue weighted by Crippen LogP contribution is 2.13.